The average molecular weight is 383 g/mol. The zero-order valence-corrected chi connectivity index (χ0v) is 15.6. The zero-order valence-electron chi connectivity index (χ0n) is 14.8. The van der Waals surface area contributed by atoms with Gasteiger partial charge in [0.1, 0.15) is 0 Å². The van der Waals surface area contributed by atoms with Crippen LogP contribution in [0.3, 0.4) is 0 Å². The molecule has 0 saturated heterocycles. The standard InChI is InChI=1S/C10H14.C6H10F3NO4S/c1-10(2,3)9-7-5-4-6-8-9;1-5(2,3-4(11)12)10-15(13,14)6(7,8)9/h4-8H,1-3H3;10H,3H2,1-2H3,(H,11,12). The number of carboxylic acids is 1. The van der Waals surface area contributed by atoms with E-state index in [9.17, 15) is 26.4 Å². The number of carboxylic acid groups (broad SMARTS) is 1. The lowest BCUT2D eigenvalue weighted by atomic mass is 9.87. The highest BCUT2D eigenvalue weighted by Gasteiger charge is 2.48. The molecule has 2 N–H and O–H groups in total. The molecule has 0 amide bonds. The van der Waals surface area contributed by atoms with E-state index in [1.165, 1.54) is 10.3 Å². The molecule has 0 aliphatic carbocycles. The van der Waals surface area contributed by atoms with Crippen molar-refractivity contribution in [2.45, 2.75) is 57.5 Å². The van der Waals surface area contributed by atoms with Gasteiger partial charge in [0.15, 0.2) is 0 Å². The highest BCUT2D eigenvalue weighted by Crippen LogP contribution is 2.24. The summed E-state index contributed by atoms with van der Waals surface area (Å²) in [6.07, 6.45) is -0.748. The van der Waals surface area contributed by atoms with Crippen molar-refractivity contribution < 1.29 is 31.5 Å². The molecule has 9 heteroatoms. The lowest BCUT2D eigenvalue weighted by Gasteiger charge is -2.24. The van der Waals surface area contributed by atoms with Gasteiger partial charge in [-0.25, -0.2) is 13.1 Å². The van der Waals surface area contributed by atoms with Crippen molar-refractivity contribution in [3.05, 3.63) is 35.9 Å². The first-order valence-corrected chi connectivity index (χ1v) is 8.84. The van der Waals surface area contributed by atoms with Crippen molar-refractivity contribution in [2.75, 3.05) is 0 Å². The third-order valence-corrected chi connectivity index (χ3v) is 4.38. The minimum atomic E-state index is -5.51. The zero-order chi connectivity index (χ0) is 20.1. The van der Waals surface area contributed by atoms with E-state index in [0.29, 0.717) is 5.41 Å². The van der Waals surface area contributed by atoms with Crippen LogP contribution in [0.4, 0.5) is 13.2 Å². The second-order valence-electron chi connectivity index (χ2n) is 7.12. The minimum absolute atomic E-state index is 0.293. The van der Waals surface area contributed by atoms with E-state index in [1.54, 1.807) is 0 Å². The van der Waals surface area contributed by atoms with Crippen LogP contribution in [0.5, 0.6) is 0 Å². The Bertz CT molecular complexity index is 663. The summed E-state index contributed by atoms with van der Waals surface area (Å²) >= 11 is 0. The molecule has 0 unspecified atom stereocenters. The van der Waals surface area contributed by atoms with Gasteiger partial charge in [0.25, 0.3) is 0 Å². The predicted molar refractivity (Wildman–Crippen MR) is 89.6 cm³/mol. The van der Waals surface area contributed by atoms with Crippen LogP contribution in [0.15, 0.2) is 30.3 Å². The van der Waals surface area contributed by atoms with Gasteiger partial charge in [-0.05, 0) is 24.8 Å². The number of aliphatic carboxylic acids is 1. The van der Waals surface area contributed by atoms with Crippen LogP contribution in [0.1, 0.15) is 46.6 Å². The molecule has 0 radical (unpaired) electrons. The van der Waals surface area contributed by atoms with Gasteiger partial charge < -0.3 is 5.11 Å². The normalized spacial score (nSPS) is 13.0. The predicted octanol–water partition coefficient (Wildman–Crippen LogP) is 3.66. The fraction of sp³-hybridized carbons (Fsp3) is 0.562. The van der Waals surface area contributed by atoms with Crippen molar-refractivity contribution in [3.8, 4) is 0 Å². The number of alkyl halides is 3. The fourth-order valence-corrected chi connectivity index (χ4v) is 2.69. The molecule has 0 bridgehead atoms. The van der Waals surface area contributed by atoms with Crippen molar-refractivity contribution in [1.29, 1.82) is 0 Å². The molecule has 0 aromatic heterocycles. The Labute approximate surface area is 146 Å². The molecule has 0 heterocycles. The number of halogens is 3. The minimum Gasteiger partial charge on any atom is -0.481 e. The Kier molecular flexibility index (Phi) is 7.65. The van der Waals surface area contributed by atoms with Crippen molar-refractivity contribution in [1.82, 2.24) is 4.72 Å². The van der Waals surface area contributed by atoms with E-state index in [-0.39, 0.29) is 0 Å². The largest absolute Gasteiger partial charge is 0.511 e. The number of benzene rings is 1. The van der Waals surface area contributed by atoms with Crippen molar-refractivity contribution in [3.63, 3.8) is 0 Å². The van der Waals surface area contributed by atoms with Crippen LogP contribution in [-0.2, 0) is 20.2 Å². The second kappa shape index (κ2) is 8.18. The van der Waals surface area contributed by atoms with Crippen LogP contribution in [0.2, 0.25) is 0 Å². The van der Waals surface area contributed by atoms with Crippen LogP contribution in [-0.4, -0.2) is 30.5 Å². The first-order valence-electron chi connectivity index (χ1n) is 7.35. The summed E-state index contributed by atoms with van der Waals surface area (Å²) < 4.78 is 58.2. The highest BCUT2D eigenvalue weighted by molar-refractivity contribution is 7.90. The van der Waals surface area contributed by atoms with Gasteiger partial charge in [0.05, 0.1) is 6.42 Å². The Morgan fingerprint density at radius 3 is 1.76 bits per heavy atom. The van der Waals surface area contributed by atoms with Crippen LogP contribution in [0, 0.1) is 0 Å². The smallest absolute Gasteiger partial charge is 0.481 e. The molecule has 0 atom stereocenters. The van der Waals surface area contributed by atoms with Gasteiger partial charge >= 0.3 is 21.5 Å². The Morgan fingerprint density at radius 1 is 1.04 bits per heavy atom. The Balaban J connectivity index is 0.000000496. The first kappa shape index (κ1) is 23.4. The molecular formula is C16H24F3NO4S. The number of sulfonamides is 1. The number of rotatable bonds is 4. The Morgan fingerprint density at radius 2 is 1.48 bits per heavy atom. The summed E-state index contributed by atoms with van der Waals surface area (Å²) in [5, 5.41) is 8.33. The number of hydrogen-bond acceptors (Lipinski definition) is 3. The van der Waals surface area contributed by atoms with E-state index in [0.717, 1.165) is 13.8 Å². The second-order valence-corrected chi connectivity index (χ2v) is 8.80. The lowest BCUT2D eigenvalue weighted by Crippen LogP contribution is -2.49. The summed E-state index contributed by atoms with van der Waals surface area (Å²) in [5.41, 5.74) is -5.44. The molecule has 144 valence electrons. The molecule has 0 spiro atoms. The van der Waals surface area contributed by atoms with Crippen molar-refractivity contribution in [2.24, 2.45) is 0 Å². The summed E-state index contributed by atoms with van der Waals surface area (Å²) in [5.74, 6) is -1.40. The van der Waals surface area contributed by atoms with Gasteiger partial charge in [0.2, 0.25) is 0 Å². The maximum atomic E-state index is 11.9. The summed E-state index contributed by atoms with van der Waals surface area (Å²) in [6, 6.07) is 10.6. The van der Waals surface area contributed by atoms with Crippen LogP contribution in [0.25, 0.3) is 0 Å². The molecule has 0 aliphatic rings. The molecule has 5 nitrogen and oxygen atoms in total. The molecule has 0 saturated carbocycles. The van der Waals surface area contributed by atoms with Gasteiger partial charge in [-0.15, -0.1) is 0 Å². The molecule has 1 aromatic carbocycles. The molecule has 0 fully saturated rings. The summed E-state index contributed by atoms with van der Waals surface area (Å²) in [4.78, 5) is 10.2. The third-order valence-electron chi connectivity index (χ3n) is 2.95. The fourth-order valence-electron chi connectivity index (χ4n) is 1.77. The van der Waals surface area contributed by atoms with Crippen molar-refractivity contribution >= 4 is 16.0 Å². The summed E-state index contributed by atoms with van der Waals surface area (Å²) in [6.45, 7) is 8.77. The number of hydrogen-bond donors (Lipinski definition) is 2. The highest BCUT2D eigenvalue weighted by atomic mass is 32.2. The van der Waals surface area contributed by atoms with Gasteiger partial charge in [-0.3, -0.25) is 4.79 Å². The number of nitrogens with one attached hydrogen (secondary N) is 1. The maximum Gasteiger partial charge on any atom is 0.511 e. The topological polar surface area (TPSA) is 83.5 Å². The summed E-state index contributed by atoms with van der Waals surface area (Å²) in [7, 11) is -5.51. The molecule has 25 heavy (non-hydrogen) atoms. The maximum absolute atomic E-state index is 11.9. The first-order chi connectivity index (χ1) is 11.0. The third kappa shape index (κ3) is 8.87. The quantitative estimate of drug-likeness (QED) is 0.831. The lowest BCUT2D eigenvalue weighted by molar-refractivity contribution is -0.138. The van der Waals surface area contributed by atoms with E-state index in [1.807, 2.05) is 0 Å². The van der Waals surface area contributed by atoms with Crippen LogP contribution < -0.4 is 4.72 Å². The molecule has 0 aliphatic heterocycles. The van der Waals surface area contributed by atoms with Gasteiger partial charge in [-0.1, -0.05) is 51.1 Å². The number of carbonyl (C=O) groups is 1. The van der Waals surface area contributed by atoms with Crippen LogP contribution >= 0.6 is 0 Å². The van der Waals surface area contributed by atoms with E-state index >= 15 is 0 Å². The SMILES string of the molecule is CC(C)(C)c1ccccc1.CC(C)(CC(=O)O)NS(=O)(=O)C(F)(F)F. The van der Waals surface area contributed by atoms with E-state index in [2.05, 4.69) is 51.1 Å². The van der Waals surface area contributed by atoms with E-state index < -0.39 is 33.5 Å². The average Bonchev–Trinajstić information content (AvgIpc) is 2.35. The van der Waals surface area contributed by atoms with Gasteiger partial charge in [-0.2, -0.15) is 13.2 Å². The molecule has 1 rings (SSSR count). The molecular weight excluding hydrogens is 359 g/mol. The van der Waals surface area contributed by atoms with E-state index in [4.69, 9.17) is 5.11 Å². The van der Waals surface area contributed by atoms with Gasteiger partial charge in [0, 0.05) is 5.54 Å². The molecule has 1 aromatic rings. The Hall–Kier alpha value is -1.61. The monoisotopic (exact) mass is 383 g/mol.